The summed E-state index contributed by atoms with van der Waals surface area (Å²) in [6.07, 6.45) is 2.43. The van der Waals surface area contributed by atoms with Gasteiger partial charge in [0, 0.05) is 13.2 Å². The number of pyridine rings is 1. The Kier molecular flexibility index (Phi) is 4.60. The highest BCUT2D eigenvalue weighted by atomic mass is 16.6. The lowest BCUT2D eigenvalue weighted by molar-refractivity contribution is 0.127. The molecule has 0 saturated heterocycles. The van der Waals surface area contributed by atoms with E-state index in [1.807, 2.05) is 6.07 Å². The fourth-order valence-electron chi connectivity index (χ4n) is 0.946. The summed E-state index contributed by atoms with van der Waals surface area (Å²) in [4.78, 5) is 14.5. The van der Waals surface area contributed by atoms with Crippen molar-refractivity contribution in [2.45, 2.75) is 0 Å². The van der Waals surface area contributed by atoms with Gasteiger partial charge in [0.1, 0.15) is 19.3 Å². The van der Waals surface area contributed by atoms with Crippen molar-refractivity contribution in [3.05, 3.63) is 24.0 Å². The van der Waals surface area contributed by atoms with Crippen molar-refractivity contribution in [3.63, 3.8) is 0 Å². The molecule has 84 valence electrons. The lowest BCUT2D eigenvalue weighted by Gasteiger charge is -2.07. The van der Waals surface area contributed by atoms with Crippen LogP contribution in [-0.4, -0.2) is 31.3 Å². The third-order valence-corrected chi connectivity index (χ3v) is 1.68. The first-order valence-corrected chi connectivity index (χ1v) is 4.59. The lowest BCUT2D eigenvalue weighted by Crippen LogP contribution is -2.21. The van der Waals surface area contributed by atoms with Crippen LogP contribution in [0.1, 0.15) is 5.56 Å². The Labute approximate surface area is 92.8 Å². The molecule has 0 aliphatic rings. The normalized spacial score (nSPS) is 9.00. The molecule has 1 aromatic rings. The van der Waals surface area contributed by atoms with Crippen LogP contribution < -0.4 is 10.1 Å². The number of ether oxygens (including phenoxy) is 2. The summed E-state index contributed by atoms with van der Waals surface area (Å²) in [7, 11) is 1.47. The molecule has 0 aliphatic heterocycles. The van der Waals surface area contributed by atoms with Crippen LogP contribution in [0.15, 0.2) is 18.5 Å². The first-order valence-electron chi connectivity index (χ1n) is 4.59. The summed E-state index contributed by atoms with van der Waals surface area (Å²) in [5.74, 6) is 0.380. The molecular weight excluding hydrogens is 210 g/mol. The highest BCUT2D eigenvalue weighted by molar-refractivity contribution is 5.66. The largest absolute Gasteiger partial charge is 0.487 e. The Morgan fingerprint density at radius 3 is 3.12 bits per heavy atom. The summed E-state index contributed by atoms with van der Waals surface area (Å²) >= 11 is 0. The number of alkyl carbamates (subject to hydrolysis) is 1. The molecule has 0 atom stereocenters. The molecule has 16 heavy (non-hydrogen) atoms. The Morgan fingerprint density at radius 1 is 1.62 bits per heavy atom. The minimum Gasteiger partial charge on any atom is -0.487 e. The zero-order chi connectivity index (χ0) is 11.8. The quantitative estimate of drug-likeness (QED) is 0.756. The molecule has 0 unspecified atom stereocenters. The van der Waals surface area contributed by atoms with E-state index in [4.69, 9.17) is 14.7 Å². The summed E-state index contributed by atoms with van der Waals surface area (Å²) in [5, 5.41) is 11.1. The third-order valence-electron chi connectivity index (χ3n) is 1.68. The van der Waals surface area contributed by atoms with E-state index in [1.54, 1.807) is 6.07 Å². The maximum absolute atomic E-state index is 10.7. The number of amides is 1. The van der Waals surface area contributed by atoms with Crippen molar-refractivity contribution < 1.29 is 14.3 Å². The zero-order valence-electron chi connectivity index (χ0n) is 8.77. The van der Waals surface area contributed by atoms with E-state index in [9.17, 15) is 4.79 Å². The smallest absolute Gasteiger partial charge is 0.406 e. The molecule has 0 spiro atoms. The van der Waals surface area contributed by atoms with Gasteiger partial charge in [0.25, 0.3) is 0 Å². The van der Waals surface area contributed by atoms with E-state index in [2.05, 4.69) is 10.3 Å². The van der Waals surface area contributed by atoms with Crippen LogP contribution in [-0.2, 0) is 4.74 Å². The molecule has 0 aliphatic carbocycles. The van der Waals surface area contributed by atoms with Crippen molar-refractivity contribution in [1.82, 2.24) is 10.3 Å². The first-order chi connectivity index (χ1) is 7.77. The van der Waals surface area contributed by atoms with E-state index in [0.717, 1.165) is 0 Å². The Hall–Kier alpha value is -2.29. The van der Waals surface area contributed by atoms with Crippen LogP contribution >= 0.6 is 0 Å². The second kappa shape index (κ2) is 6.24. The predicted octanol–water partition coefficient (Wildman–Crippen LogP) is 0.688. The Bertz CT molecular complexity index is 401. The number of hydrogen-bond donors (Lipinski definition) is 1. The summed E-state index contributed by atoms with van der Waals surface area (Å²) in [5.41, 5.74) is 0.398. The van der Waals surface area contributed by atoms with E-state index in [1.165, 1.54) is 19.4 Å². The van der Waals surface area contributed by atoms with Gasteiger partial charge in [0.2, 0.25) is 0 Å². The Morgan fingerprint density at radius 2 is 2.44 bits per heavy atom. The van der Waals surface area contributed by atoms with Crippen LogP contribution in [0.5, 0.6) is 5.75 Å². The molecule has 1 aromatic heterocycles. The van der Waals surface area contributed by atoms with Gasteiger partial charge in [-0.2, -0.15) is 5.26 Å². The van der Waals surface area contributed by atoms with Gasteiger partial charge in [-0.25, -0.2) is 4.79 Å². The van der Waals surface area contributed by atoms with Gasteiger partial charge >= 0.3 is 6.09 Å². The Balaban J connectivity index is 2.38. The fraction of sp³-hybridized carbons (Fsp3) is 0.300. The predicted molar refractivity (Wildman–Crippen MR) is 54.9 cm³/mol. The molecule has 0 aromatic carbocycles. The number of nitriles is 1. The van der Waals surface area contributed by atoms with E-state index >= 15 is 0 Å². The number of rotatable bonds is 4. The average molecular weight is 221 g/mol. The second-order valence-electron chi connectivity index (χ2n) is 2.72. The summed E-state index contributed by atoms with van der Waals surface area (Å²) in [6.45, 7) is 0.285. The lowest BCUT2D eigenvalue weighted by atomic mass is 10.3. The molecular formula is C10H11N3O3. The van der Waals surface area contributed by atoms with Crippen molar-refractivity contribution in [2.75, 3.05) is 20.3 Å². The minimum absolute atomic E-state index is 0.111. The van der Waals surface area contributed by atoms with Crippen LogP contribution in [0.25, 0.3) is 0 Å². The fourth-order valence-corrected chi connectivity index (χ4v) is 0.946. The van der Waals surface area contributed by atoms with Gasteiger partial charge < -0.3 is 14.8 Å². The number of nitrogens with one attached hydrogen (secondary N) is 1. The molecule has 6 nitrogen and oxygen atoms in total. The van der Waals surface area contributed by atoms with Gasteiger partial charge in [-0.3, -0.25) is 4.98 Å². The summed E-state index contributed by atoms with van der Waals surface area (Å²) in [6, 6.07) is 3.52. The second-order valence-corrected chi connectivity index (χ2v) is 2.72. The molecule has 1 rings (SSSR count). The van der Waals surface area contributed by atoms with Crippen molar-refractivity contribution in [2.24, 2.45) is 0 Å². The van der Waals surface area contributed by atoms with Crippen LogP contribution in [0.4, 0.5) is 4.79 Å². The minimum atomic E-state index is -0.518. The maximum atomic E-state index is 10.7. The van der Waals surface area contributed by atoms with Crippen molar-refractivity contribution in [3.8, 4) is 11.8 Å². The van der Waals surface area contributed by atoms with E-state index < -0.39 is 6.09 Å². The molecule has 0 bridgehead atoms. The molecule has 0 fully saturated rings. The van der Waals surface area contributed by atoms with Gasteiger partial charge in [0.05, 0.1) is 11.8 Å². The number of hydrogen-bond acceptors (Lipinski definition) is 5. The number of carbonyl (C=O) groups is 1. The van der Waals surface area contributed by atoms with Crippen LogP contribution in [0.2, 0.25) is 0 Å². The molecule has 0 radical (unpaired) electrons. The van der Waals surface area contributed by atoms with Crippen molar-refractivity contribution >= 4 is 6.09 Å². The van der Waals surface area contributed by atoms with Crippen LogP contribution in [0, 0.1) is 11.3 Å². The first kappa shape index (κ1) is 11.8. The van der Waals surface area contributed by atoms with Gasteiger partial charge in [0.15, 0.2) is 5.75 Å². The SMILES string of the molecule is CNC(=O)OCCOc1cnccc1C#N. The molecule has 1 amide bonds. The van der Waals surface area contributed by atoms with Crippen molar-refractivity contribution in [1.29, 1.82) is 5.26 Å². The van der Waals surface area contributed by atoms with E-state index in [0.29, 0.717) is 11.3 Å². The maximum Gasteiger partial charge on any atom is 0.406 e. The molecule has 6 heteroatoms. The topological polar surface area (TPSA) is 84.2 Å². The summed E-state index contributed by atoms with van der Waals surface area (Å²) < 4.78 is 9.94. The highest BCUT2D eigenvalue weighted by Crippen LogP contribution is 2.14. The number of aromatic nitrogens is 1. The molecule has 1 heterocycles. The van der Waals surface area contributed by atoms with Gasteiger partial charge in [-0.05, 0) is 6.07 Å². The highest BCUT2D eigenvalue weighted by Gasteiger charge is 2.03. The zero-order valence-corrected chi connectivity index (χ0v) is 8.77. The van der Waals surface area contributed by atoms with Gasteiger partial charge in [-0.1, -0.05) is 0 Å². The average Bonchev–Trinajstić information content (AvgIpc) is 2.34. The monoisotopic (exact) mass is 221 g/mol. The standard InChI is InChI=1S/C10H11N3O3/c1-12-10(14)16-5-4-15-9-7-13-3-2-8(9)6-11/h2-3,7H,4-5H2,1H3,(H,12,14). The molecule has 1 N–H and O–H groups in total. The molecule has 0 saturated carbocycles. The van der Waals surface area contributed by atoms with E-state index in [-0.39, 0.29) is 13.2 Å². The van der Waals surface area contributed by atoms with Crippen LogP contribution in [0.3, 0.4) is 0 Å². The van der Waals surface area contributed by atoms with Gasteiger partial charge in [-0.15, -0.1) is 0 Å². The number of carbonyl (C=O) groups excluding carboxylic acids is 1. The number of nitrogens with zero attached hydrogens (tertiary/aromatic N) is 2. The third kappa shape index (κ3) is 3.46.